The van der Waals surface area contributed by atoms with E-state index in [9.17, 15) is 9.59 Å². The first-order valence-corrected chi connectivity index (χ1v) is 7.09. The largest absolute Gasteiger partial charge is 0.350 e. The summed E-state index contributed by atoms with van der Waals surface area (Å²) in [7, 11) is 0. The molecule has 1 aliphatic heterocycles. The van der Waals surface area contributed by atoms with E-state index in [4.69, 9.17) is 0 Å². The fourth-order valence-corrected chi connectivity index (χ4v) is 2.46. The molecule has 0 bridgehead atoms. The molecule has 3 N–H and O–H groups in total. The average Bonchev–Trinajstić information content (AvgIpc) is 2.34. The molecule has 1 aliphatic rings. The van der Waals surface area contributed by atoms with Crippen LogP contribution in [0.4, 0.5) is 0 Å². The highest BCUT2D eigenvalue weighted by Crippen LogP contribution is 2.32. The van der Waals surface area contributed by atoms with E-state index < -0.39 is 0 Å². The van der Waals surface area contributed by atoms with Crippen molar-refractivity contribution in [1.82, 2.24) is 16.0 Å². The Morgan fingerprint density at radius 2 is 1.79 bits per heavy atom. The van der Waals surface area contributed by atoms with Crippen LogP contribution in [0.25, 0.3) is 0 Å². The van der Waals surface area contributed by atoms with Crippen LogP contribution < -0.4 is 16.0 Å². The lowest BCUT2D eigenvalue weighted by molar-refractivity contribution is -0.135. The Balaban J connectivity index is 2.47. The number of nitrogens with one attached hydrogen (secondary N) is 3. The molecule has 0 aromatic heterocycles. The Morgan fingerprint density at radius 1 is 1.21 bits per heavy atom. The zero-order valence-electron chi connectivity index (χ0n) is 12.6. The van der Waals surface area contributed by atoms with E-state index in [1.165, 1.54) is 0 Å². The first kappa shape index (κ1) is 16.0. The fourth-order valence-electron chi connectivity index (χ4n) is 2.46. The molecule has 110 valence electrons. The van der Waals surface area contributed by atoms with Crippen molar-refractivity contribution in [3.05, 3.63) is 0 Å². The van der Waals surface area contributed by atoms with Crippen LogP contribution in [0.5, 0.6) is 0 Å². The van der Waals surface area contributed by atoms with Crippen molar-refractivity contribution in [2.24, 2.45) is 5.41 Å². The minimum atomic E-state index is -0.298. The van der Waals surface area contributed by atoms with Gasteiger partial charge in [-0.3, -0.25) is 9.59 Å². The summed E-state index contributed by atoms with van der Waals surface area (Å²) < 4.78 is 0. The van der Waals surface area contributed by atoms with Crippen molar-refractivity contribution >= 4 is 11.8 Å². The van der Waals surface area contributed by atoms with E-state index in [2.05, 4.69) is 16.0 Å². The highest BCUT2D eigenvalue weighted by atomic mass is 16.2. The zero-order valence-corrected chi connectivity index (χ0v) is 12.6. The van der Waals surface area contributed by atoms with Gasteiger partial charge in [-0.2, -0.15) is 0 Å². The highest BCUT2D eigenvalue weighted by molar-refractivity contribution is 5.88. The molecular formula is C14H27N3O2. The maximum Gasteiger partial charge on any atom is 0.239 e. The predicted octanol–water partition coefficient (Wildman–Crippen LogP) is 0.797. The Hall–Kier alpha value is -1.10. The smallest absolute Gasteiger partial charge is 0.239 e. The van der Waals surface area contributed by atoms with Gasteiger partial charge >= 0.3 is 0 Å². The van der Waals surface area contributed by atoms with Gasteiger partial charge < -0.3 is 16.0 Å². The van der Waals surface area contributed by atoms with Crippen molar-refractivity contribution in [2.45, 2.75) is 52.5 Å². The van der Waals surface area contributed by atoms with Crippen LogP contribution in [-0.4, -0.2) is 37.0 Å². The zero-order chi connectivity index (χ0) is 14.5. The third-order valence-electron chi connectivity index (χ3n) is 3.64. The van der Waals surface area contributed by atoms with Crippen molar-refractivity contribution in [1.29, 1.82) is 0 Å². The second-order valence-corrected chi connectivity index (χ2v) is 6.36. The van der Waals surface area contributed by atoms with Gasteiger partial charge in [-0.25, -0.2) is 0 Å². The molecule has 5 nitrogen and oxygen atoms in total. The van der Waals surface area contributed by atoms with Crippen LogP contribution in [-0.2, 0) is 9.59 Å². The summed E-state index contributed by atoms with van der Waals surface area (Å²) in [5, 5.41) is 8.90. The third kappa shape index (κ3) is 4.82. The lowest BCUT2D eigenvalue weighted by Gasteiger charge is -2.35. The lowest BCUT2D eigenvalue weighted by atomic mass is 9.76. The molecule has 1 rings (SSSR count). The van der Waals surface area contributed by atoms with E-state index in [1.807, 2.05) is 27.7 Å². The molecule has 1 saturated heterocycles. The second-order valence-electron chi connectivity index (χ2n) is 6.36. The first-order valence-electron chi connectivity index (χ1n) is 7.09. The number of amides is 2. The molecule has 0 aliphatic carbocycles. The number of rotatable bonds is 4. The summed E-state index contributed by atoms with van der Waals surface area (Å²) in [6, 6.07) is 0. The second kappa shape index (κ2) is 6.37. The van der Waals surface area contributed by atoms with E-state index in [0.29, 0.717) is 0 Å². The molecule has 19 heavy (non-hydrogen) atoms. The third-order valence-corrected chi connectivity index (χ3v) is 3.64. The van der Waals surface area contributed by atoms with Gasteiger partial charge in [-0.1, -0.05) is 6.92 Å². The fraction of sp³-hybridized carbons (Fsp3) is 0.857. The monoisotopic (exact) mass is 269 g/mol. The molecule has 0 spiro atoms. The van der Waals surface area contributed by atoms with Gasteiger partial charge in [0.2, 0.25) is 11.8 Å². The summed E-state index contributed by atoms with van der Waals surface area (Å²) in [4.78, 5) is 24.0. The van der Waals surface area contributed by atoms with Gasteiger partial charge in [0.25, 0.3) is 0 Å². The first-order chi connectivity index (χ1) is 8.79. The standard InChI is InChI=1S/C14H27N3O2/c1-5-14(6-8-15-9-7-14)12(19)16-10-11(18)17-13(2,3)4/h15H,5-10H2,1-4H3,(H,16,19)(H,17,18). The quantitative estimate of drug-likeness (QED) is 0.707. The number of hydrogen-bond acceptors (Lipinski definition) is 3. The summed E-state index contributed by atoms with van der Waals surface area (Å²) in [6.45, 7) is 9.61. The van der Waals surface area contributed by atoms with Gasteiger partial charge in [-0.15, -0.1) is 0 Å². The maximum atomic E-state index is 12.3. The molecule has 0 unspecified atom stereocenters. The Morgan fingerprint density at radius 3 is 2.26 bits per heavy atom. The van der Waals surface area contributed by atoms with Crippen molar-refractivity contribution in [2.75, 3.05) is 19.6 Å². The summed E-state index contributed by atoms with van der Waals surface area (Å²) in [6.07, 6.45) is 2.51. The van der Waals surface area contributed by atoms with E-state index >= 15 is 0 Å². The normalized spacial score (nSPS) is 18.7. The Kier molecular flexibility index (Phi) is 5.35. The topological polar surface area (TPSA) is 70.2 Å². The van der Waals surface area contributed by atoms with E-state index in [0.717, 1.165) is 32.4 Å². The molecule has 0 atom stereocenters. The molecule has 1 fully saturated rings. The molecule has 2 amide bonds. The van der Waals surface area contributed by atoms with Gasteiger partial charge in [0.15, 0.2) is 0 Å². The molecule has 0 saturated carbocycles. The van der Waals surface area contributed by atoms with E-state index in [1.54, 1.807) is 0 Å². The minimum Gasteiger partial charge on any atom is -0.350 e. The van der Waals surface area contributed by atoms with Gasteiger partial charge in [0.1, 0.15) is 0 Å². The molecule has 5 heteroatoms. The van der Waals surface area contributed by atoms with Crippen molar-refractivity contribution < 1.29 is 9.59 Å². The summed E-state index contributed by atoms with van der Waals surface area (Å²) in [5.41, 5.74) is -0.563. The molecular weight excluding hydrogens is 242 g/mol. The maximum absolute atomic E-state index is 12.3. The van der Waals surface area contributed by atoms with Crippen LogP contribution in [0, 0.1) is 5.41 Å². The van der Waals surface area contributed by atoms with Crippen LogP contribution in [0.15, 0.2) is 0 Å². The SMILES string of the molecule is CCC1(C(=O)NCC(=O)NC(C)(C)C)CCNCC1. The molecule has 0 aromatic carbocycles. The van der Waals surface area contributed by atoms with Gasteiger partial charge in [0.05, 0.1) is 12.0 Å². The Bertz CT molecular complexity index is 328. The number of carbonyl (C=O) groups excluding carboxylic acids is 2. The van der Waals surface area contributed by atoms with Crippen LogP contribution in [0.3, 0.4) is 0 Å². The minimum absolute atomic E-state index is 0.0144. The van der Waals surface area contributed by atoms with E-state index in [-0.39, 0.29) is 29.3 Å². The molecule has 1 heterocycles. The molecule has 0 radical (unpaired) electrons. The van der Waals surface area contributed by atoms with Crippen molar-refractivity contribution in [3.8, 4) is 0 Å². The van der Waals surface area contributed by atoms with Crippen LogP contribution in [0.2, 0.25) is 0 Å². The lowest BCUT2D eigenvalue weighted by Crippen LogP contribution is -2.51. The average molecular weight is 269 g/mol. The van der Waals surface area contributed by atoms with Crippen LogP contribution >= 0.6 is 0 Å². The summed E-state index contributed by atoms with van der Waals surface area (Å²) >= 11 is 0. The summed E-state index contributed by atoms with van der Waals surface area (Å²) in [5.74, 6) is -0.124. The number of hydrogen-bond donors (Lipinski definition) is 3. The predicted molar refractivity (Wildman–Crippen MR) is 75.7 cm³/mol. The molecule has 0 aromatic rings. The van der Waals surface area contributed by atoms with Gasteiger partial charge in [0, 0.05) is 5.54 Å². The van der Waals surface area contributed by atoms with Crippen LogP contribution in [0.1, 0.15) is 47.0 Å². The highest BCUT2D eigenvalue weighted by Gasteiger charge is 2.37. The van der Waals surface area contributed by atoms with Crippen molar-refractivity contribution in [3.63, 3.8) is 0 Å². The number of piperidine rings is 1. The van der Waals surface area contributed by atoms with Gasteiger partial charge in [-0.05, 0) is 53.1 Å². The number of carbonyl (C=O) groups is 2. The Labute approximate surface area is 115 Å².